The molecule has 0 unspecified atom stereocenters. The molecule has 2 N–H and O–H groups in total. The van der Waals surface area contributed by atoms with Gasteiger partial charge in [0, 0.05) is 55.2 Å². The van der Waals surface area contributed by atoms with Crippen LogP contribution in [0.2, 0.25) is 5.04 Å². The fourth-order valence-electron chi connectivity index (χ4n) is 8.45. The van der Waals surface area contributed by atoms with Crippen molar-refractivity contribution in [3.8, 4) is 5.75 Å². The highest BCUT2D eigenvalue weighted by Crippen LogP contribution is 2.37. The molecule has 4 heterocycles. The second-order valence-corrected chi connectivity index (χ2v) is 22.4. The Labute approximate surface area is 367 Å². The molecule has 1 aliphatic heterocycles. The van der Waals surface area contributed by atoms with E-state index in [-0.39, 0.29) is 29.0 Å². The third-order valence-electron chi connectivity index (χ3n) is 11.4. The van der Waals surface area contributed by atoms with Crippen LogP contribution in [0.3, 0.4) is 0 Å². The maximum absolute atomic E-state index is 12.7. The molecule has 0 aliphatic carbocycles. The summed E-state index contributed by atoms with van der Waals surface area (Å²) in [5.74, 6) is 1.50. The zero-order valence-electron chi connectivity index (χ0n) is 38.1. The Morgan fingerprint density at radius 3 is 2.13 bits per heavy atom. The van der Waals surface area contributed by atoms with E-state index in [1.165, 1.54) is 17.5 Å². The number of piperidine rings is 1. The highest BCUT2D eigenvalue weighted by molar-refractivity contribution is 6.99. The number of nitrogens with one attached hydrogen (secondary N) is 2. The first-order valence-electron chi connectivity index (χ1n) is 21.7. The zero-order chi connectivity index (χ0) is 44.7. The van der Waals surface area contributed by atoms with Crippen LogP contribution in [0, 0.1) is 6.92 Å². The molecule has 0 radical (unpaired) electrons. The molecule has 0 bridgehead atoms. The molecule has 15 heteroatoms. The van der Waals surface area contributed by atoms with Gasteiger partial charge in [-0.15, -0.1) is 0 Å². The molecule has 0 saturated carbocycles. The first-order chi connectivity index (χ1) is 29.6. The summed E-state index contributed by atoms with van der Waals surface area (Å²) >= 11 is 0. The van der Waals surface area contributed by atoms with Crippen LogP contribution in [0.5, 0.6) is 5.75 Å². The van der Waals surface area contributed by atoms with Gasteiger partial charge in [0.2, 0.25) is 5.95 Å². The molecule has 6 rings (SSSR count). The summed E-state index contributed by atoms with van der Waals surface area (Å²) < 4.78 is 25.6. The lowest BCUT2D eigenvalue weighted by atomic mass is 9.93. The Bertz CT molecular complexity index is 2250. The van der Waals surface area contributed by atoms with Crippen LogP contribution in [0.1, 0.15) is 103 Å². The van der Waals surface area contributed by atoms with E-state index < -0.39 is 20.0 Å². The first-order valence-corrected chi connectivity index (χ1v) is 23.6. The Morgan fingerprint density at radius 1 is 0.919 bits per heavy atom. The summed E-state index contributed by atoms with van der Waals surface area (Å²) in [6.45, 7) is 18.6. The molecule has 332 valence electrons. The fourth-order valence-corrected chi connectivity index (χ4v) is 13.0. The second kappa shape index (κ2) is 19.7. The number of hydrogen-bond acceptors (Lipinski definition) is 11. The molecule has 1 fully saturated rings. The molecular weight excluding hydrogens is 801 g/mol. The summed E-state index contributed by atoms with van der Waals surface area (Å²) in [5.41, 5.74) is 3.16. The SMILES string of the molecule is CCC[C@@H](CCO[Si](c1ccccc1)(c1ccccc1)C(C)(C)C)Nc1nc(NC(=O)OC)nc2c(C)nn(Cc3cnc(C4CCN(C(=O)OC(C)(C)C)CC4)cc3OC)c12. The van der Waals surface area contributed by atoms with Gasteiger partial charge in [0.25, 0.3) is 8.32 Å². The van der Waals surface area contributed by atoms with Crippen molar-refractivity contribution in [2.45, 2.75) is 117 Å². The standard InChI is InChI=1S/C47H64N8O6Si/c1-11-18-35(25-28-60-62(47(6,7)8,36-19-14-12-15-20-36)37-21-16-13-17-22-37)49-42-41-40(50-43(51-42)52-44(56)59-10)32(2)53-55(41)31-34-30-48-38(29-39(34)58-9)33-23-26-54(27-24-33)45(57)61-46(3,4)5/h12-17,19-22,29-30,33,35H,11,18,23-28,31H2,1-10H3,(H2,49,50,51,52,56)/t35-/m0/s1. The van der Waals surface area contributed by atoms with Gasteiger partial charge in [0.15, 0.2) is 5.82 Å². The number of likely N-dealkylation sites (tertiary alicyclic amines) is 1. The van der Waals surface area contributed by atoms with Crippen LogP contribution in [-0.4, -0.2) is 95.7 Å². The Kier molecular flexibility index (Phi) is 14.6. The number of ether oxygens (including phenoxy) is 3. The average molecular weight is 865 g/mol. The van der Waals surface area contributed by atoms with Crippen molar-refractivity contribution in [3.63, 3.8) is 0 Å². The normalized spacial score (nSPS) is 14.4. The summed E-state index contributed by atoms with van der Waals surface area (Å²) in [6.07, 6.45) is 4.91. The molecule has 0 spiro atoms. The number of carbonyl (C=O) groups is 2. The summed E-state index contributed by atoms with van der Waals surface area (Å²) in [6, 6.07) is 23.3. The van der Waals surface area contributed by atoms with Gasteiger partial charge in [0.1, 0.15) is 22.4 Å². The number of nitrogens with zero attached hydrogens (tertiary/aromatic N) is 6. The van der Waals surface area contributed by atoms with Gasteiger partial charge in [0.05, 0.1) is 26.5 Å². The Hall–Kier alpha value is -5.54. The number of hydrogen-bond donors (Lipinski definition) is 2. The van der Waals surface area contributed by atoms with Crippen molar-refractivity contribution in [1.29, 1.82) is 0 Å². The van der Waals surface area contributed by atoms with E-state index in [9.17, 15) is 9.59 Å². The lowest BCUT2D eigenvalue weighted by Crippen LogP contribution is -2.66. The number of fused-ring (bicyclic) bond motifs is 1. The third kappa shape index (κ3) is 10.5. The summed E-state index contributed by atoms with van der Waals surface area (Å²) in [5, 5.41) is 13.7. The molecule has 3 aromatic heterocycles. The van der Waals surface area contributed by atoms with E-state index >= 15 is 0 Å². The molecule has 1 aliphatic rings. The number of carbonyl (C=O) groups excluding carboxylic acids is 2. The van der Waals surface area contributed by atoms with Crippen LogP contribution in [0.15, 0.2) is 72.9 Å². The van der Waals surface area contributed by atoms with Gasteiger partial charge in [-0.3, -0.25) is 15.0 Å². The smallest absolute Gasteiger partial charge is 0.413 e. The topological polar surface area (TPSA) is 155 Å². The van der Waals surface area contributed by atoms with Crippen LogP contribution in [0.4, 0.5) is 21.4 Å². The number of aromatic nitrogens is 5. The quantitative estimate of drug-likeness (QED) is 0.0975. The lowest BCUT2D eigenvalue weighted by molar-refractivity contribution is 0.0204. The minimum Gasteiger partial charge on any atom is -0.496 e. The van der Waals surface area contributed by atoms with Crippen molar-refractivity contribution in [3.05, 3.63) is 89.9 Å². The van der Waals surface area contributed by atoms with E-state index in [1.54, 1.807) is 12.0 Å². The van der Waals surface area contributed by atoms with E-state index in [2.05, 4.69) is 99.0 Å². The number of anilines is 2. The first kappa shape index (κ1) is 46.0. The third-order valence-corrected chi connectivity index (χ3v) is 16.4. The maximum atomic E-state index is 12.7. The van der Waals surface area contributed by atoms with Crippen molar-refractivity contribution in [1.82, 2.24) is 29.6 Å². The Morgan fingerprint density at radius 2 is 1.56 bits per heavy atom. The summed E-state index contributed by atoms with van der Waals surface area (Å²) in [7, 11) is 0.200. The average Bonchev–Trinajstić information content (AvgIpc) is 3.56. The molecule has 2 amide bonds. The zero-order valence-corrected chi connectivity index (χ0v) is 39.1. The fraction of sp³-hybridized carbons (Fsp3) is 0.489. The van der Waals surface area contributed by atoms with Gasteiger partial charge < -0.3 is 28.9 Å². The maximum Gasteiger partial charge on any atom is 0.413 e. The monoisotopic (exact) mass is 864 g/mol. The number of methoxy groups -OCH3 is 2. The van der Waals surface area contributed by atoms with Crippen molar-refractivity contribution < 1.29 is 28.2 Å². The number of amides is 2. The molecule has 62 heavy (non-hydrogen) atoms. The molecule has 14 nitrogen and oxygen atoms in total. The van der Waals surface area contributed by atoms with Crippen LogP contribution in [-0.2, 0) is 20.4 Å². The van der Waals surface area contributed by atoms with Gasteiger partial charge in [-0.2, -0.15) is 10.1 Å². The number of pyridine rings is 1. The highest BCUT2D eigenvalue weighted by atomic mass is 28.4. The van der Waals surface area contributed by atoms with Gasteiger partial charge in [-0.1, -0.05) is 94.8 Å². The van der Waals surface area contributed by atoms with Crippen molar-refractivity contribution >= 4 is 53.7 Å². The lowest BCUT2D eigenvalue weighted by Gasteiger charge is -2.43. The largest absolute Gasteiger partial charge is 0.496 e. The highest BCUT2D eigenvalue weighted by Gasteiger charge is 2.50. The van der Waals surface area contributed by atoms with Crippen LogP contribution >= 0.6 is 0 Å². The van der Waals surface area contributed by atoms with Crippen molar-refractivity contribution in [2.75, 3.05) is 44.5 Å². The van der Waals surface area contributed by atoms with Gasteiger partial charge in [-0.05, 0) is 68.8 Å². The molecule has 1 atom stereocenters. The minimum absolute atomic E-state index is 0.0387. The minimum atomic E-state index is -2.76. The van der Waals surface area contributed by atoms with Crippen LogP contribution < -0.4 is 25.7 Å². The van der Waals surface area contributed by atoms with E-state index in [0.29, 0.717) is 61.0 Å². The van der Waals surface area contributed by atoms with Crippen molar-refractivity contribution in [2.24, 2.45) is 0 Å². The summed E-state index contributed by atoms with van der Waals surface area (Å²) in [4.78, 5) is 41.4. The second-order valence-electron chi connectivity index (χ2n) is 18.0. The van der Waals surface area contributed by atoms with E-state index in [4.69, 9.17) is 38.7 Å². The van der Waals surface area contributed by atoms with Crippen LogP contribution in [0.25, 0.3) is 11.0 Å². The number of aryl methyl sites for hydroxylation is 1. The predicted octanol–water partition coefficient (Wildman–Crippen LogP) is 8.43. The molecule has 2 aromatic carbocycles. The molecular formula is C47H64N8O6Si. The number of rotatable bonds is 15. The molecule has 1 saturated heterocycles. The molecule has 5 aromatic rings. The predicted molar refractivity (Wildman–Crippen MR) is 246 cm³/mol. The van der Waals surface area contributed by atoms with Gasteiger partial charge in [-0.25, -0.2) is 14.6 Å². The number of benzene rings is 2. The van der Waals surface area contributed by atoms with Gasteiger partial charge >= 0.3 is 12.2 Å². The van der Waals surface area contributed by atoms with E-state index in [0.717, 1.165) is 36.9 Å². The van der Waals surface area contributed by atoms with E-state index in [1.807, 2.05) is 44.6 Å². The Balaban J connectivity index is 1.28.